The van der Waals surface area contributed by atoms with E-state index in [2.05, 4.69) is 34.5 Å². The van der Waals surface area contributed by atoms with E-state index in [0.717, 1.165) is 31.6 Å². The Labute approximate surface area is 122 Å². The van der Waals surface area contributed by atoms with Crippen LogP contribution in [0.25, 0.3) is 0 Å². The molecule has 18 heavy (non-hydrogen) atoms. The predicted molar refractivity (Wildman–Crippen MR) is 83.3 cm³/mol. The first-order valence-electron chi connectivity index (χ1n) is 6.34. The van der Waals surface area contributed by atoms with Gasteiger partial charge in [0.05, 0.1) is 4.43 Å². The molecule has 1 heterocycles. The van der Waals surface area contributed by atoms with Crippen LogP contribution < -0.4 is 4.90 Å². The van der Waals surface area contributed by atoms with E-state index in [1.807, 2.05) is 35.2 Å². The van der Waals surface area contributed by atoms with Crippen molar-refractivity contribution in [3.05, 3.63) is 30.3 Å². The lowest BCUT2D eigenvalue weighted by molar-refractivity contribution is -0.116. The monoisotopic (exact) mass is 358 g/mol. The number of hydrogen-bond donors (Lipinski definition) is 0. The first-order chi connectivity index (χ1) is 8.72. The van der Waals surface area contributed by atoms with Crippen LogP contribution in [-0.4, -0.2) is 41.4 Å². The highest BCUT2D eigenvalue weighted by Crippen LogP contribution is 2.23. The number of carbonyl (C=O) groups excluding carboxylic acids is 1. The number of para-hydroxylation sites is 1. The third-order valence-corrected chi connectivity index (χ3v) is 4.12. The lowest BCUT2D eigenvalue weighted by atomic mass is 10.0. The van der Waals surface area contributed by atoms with E-state index in [9.17, 15) is 4.79 Å². The lowest BCUT2D eigenvalue weighted by Gasteiger charge is -2.37. The Hall–Kier alpha value is -0.620. The molecule has 1 aromatic carbocycles. The zero-order valence-electron chi connectivity index (χ0n) is 10.7. The highest BCUT2D eigenvalue weighted by Gasteiger charge is 2.27. The number of hydrogen-bond acceptors (Lipinski definition) is 2. The van der Waals surface area contributed by atoms with Crippen molar-refractivity contribution in [2.24, 2.45) is 0 Å². The summed E-state index contributed by atoms with van der Waals surface area (Å²) in [4.78, 5) is 16.5. The normalized spacial score (nSPS) is 17.7. The molecule has 0 spiro atoms. The molecular weight excluding hydrogens is 339 g/mol. The topological polar surface area (TPSA) is 23.6 Å². The number of carbonyl (C=O) groups is 1. The van der Waals surface area contributed by atoms with Crippen LogP contribution >= 0.6 is 22.6 Å². The van der Waals surface area contributed by atoms with Crippen molar-refractivity contribution in [3.63, 3.8) is 0 Å². The van der Waals surface area contributed by atoms with Gasteiger partial charge in [0.1, 0.15) is 0 Å². The summed E-state index contributed by atoms with van der Waals surface area (Å²) in [6, 6.07) is 10.4. The van der Waals surface area contributed by atoms with Crippen LogP contribution in [0.1, 0.15) is 12.8 Å². The molecule has 1 fully saturated rings. The molecule has 1 aliphatic heterocycles. The maximum atomic E-state index is 12.2. The number of amides is 1. The maximum absolute atomic E-state index is 12.2. The summed E-state index contributed by atoms with van der Waals surface area (Å²) in [5.74, 6) is 0.219. The van der Waals surface area contributed by atoms with Gasteiger partial charge in [-0.3, -0.25) is 4.79 Å². The van der Waals surface area contributed by atoms with Crippen molar-refractivity contribution in [2.45, 2.75) is 18.9 Å². The molecule has 0 aliphatic carbocycles. The molecule has 1 aliphatic rings. The quantitative estimate of drug-likeness (QED) is 0.613. The minimum atomic E-state index is 0.219. The van der Waals surface area contributed by atoms with E-state index in [-0.39, 0.29) is 5.91 Å². The summed E-state index contributed by atoms with van der Waals surface area (Å²) in [7, 11) is 2.14. The van der Waals surface area contributed by atoms with Gasteiger partial charge in [-0.05, 0) is 45.1 Å². The van der Waals surface area contributed by atoms with Crippen molar-refractivity contribution >= 4 is 34.2 Å². The summed E-state index contributed by atoms with van der Waals surface area (Å²) in [6.45, 7) is 2.14. The third-order valence-electron chi connectivity index (χ3n) is 3.47. The van der Waals surface area contributed by atoms with E-state index >= 15 is 0 Å². The second-order valence-electron chi connectivity index (χ2n) is 4.77. The molecular formula is C14H19IN2O. The van der Waals surface area contributed by atoms with Gasteiger partial charge in [0.15, 0.2) is 0 Å². The highest BCUT2D eigenvalue weighted by molar-refractivity contribution is 14.1. The third kappa shape index (κ3) is 3.23. The maximum Gasteiger partial charge on any atom is 0.237 e. The Morgan fingerprint density at radius 2 is 1.94 bits per heavy atom. The zero-order chi connectivity index (χ0) is 13.0. The highest BCUT2D eigenvalue weighted by atomic mass is 127. The first-order valence-corrected chi connectivity index (χ1v) is 7.86. The molecule has 3 nitrogen and oxygen atoms in total. The van der Waals surface area contributed by atoms with Gasteiger partial charge in [-0.25, -0.2) is 0 Å². The summed E-state index contributed by atoms with van der Waals surface area (Å²) in [6.07, 6.45) is 2.13. The summed E-state index contributed by atoms with van der Waals surface area (Å²) in [5, 5.41) is 0. The molecule has 0 saturated carbocycles. The van der Waals surface area contributed by atoms with Crippen molar-refractivity contribution in [3.8, 4) is 0 Å². The van der Waals surface area contributed by atoms with Crippen LogP contribution in [0, 0.1) is 0 Å². The predicted octanol–water partition coefficient (Wildman–Crippen LogP) is 2.55. The number of anilines is 1. The molecule has 0 N–H and O–H groups in total. The Balaban J connectivity index is 2.18. The second-order valence-corrected chi connectivity index (χ2v) is 5.53. The number of piperidine rings is 1. The SMILES string of the molecule is CN1CCC(N(C(=O)CI)c2ccccc2)CC1. The Bertz CT molecular complexity index is 388. The van der Waals surface area contributed by atoms with Gasteiger partial charge in [-0.15, -0.1) is 0 Å². The number of alkyl halides is 1. The molecule has 1 aromatic rings. The molecule has 4 heteroatoms. The molecule has 0 unspecified atom stereocenters. The van der Waals surface area contributed by atoms with Crippen LogP contribution in [0.15, 0.2) is 30.3 Å². The molecule has 1 amide bonds. The molecule has 98 valence electrons. The Morgan fingerprint density at radius 3 is 2.50 bits per heavy atom. The van der Waals surface area contributed by atoms with E-state index in [1.165, 1.54) is 0 Å². The van der Waals surface area contributed by atoms with Crippen LogP contribution in [0.3, 0.4) is 0 Å². The van der Waals surface area contributed by atoms with Gasteiger partial charge >= 0.3 is 0 Å². The second kappa shape index (κ2) is 6.52. The molecule has 0 aromatic heterocycles. The minimum absolute atomic E-state index is 0.219. The van der Waals surface area contributed by atoms with E-state index < -0.39 is 0 Å². The number of halogens is 1. The van der Waals surface area contributed by atoms with Crippen LogP contribution in [0.4, 0.5) is 5.69 Å². The van der Waals surface area contributed by atoms with E-state index in [1.54, 1.807) is 0 Å². The van der Waals surface area contributed by atoms with Crippen molar-refractivity contribution in [2.75, 3.05) is 29.5 Å². The lowest BCUT2D eigenvalue weighted by Crippen LogP contribution is -2.47. The number of benzene rings is 1. The van der Waals surface area contributed by atoms with Crippen LogP contribution in [-0.2, 0) is 4.79 Å². The smallest absolute Gasteiger partial charge is 0.237 e. The Morgan fingerprint density at radius 1 is 1.33 bits per heavy atom. The van der Waals surface area contributed by atoms with E-state index in [4.69, 9.17) is 0 Å². The van der Waals surface area contributed by atoms with Crippen molar-refractivity contribution in [1.29, 1.82) is 0 Å². The van der Waals surface area contributed by atoms with Gasteiger partial charge in [0.2, 0.25) is 5.91 Å². The van der Waals surface area contributed by atoms with Gasteiger partial charge in [-0.1, -0.05) is 40.8 Å². The summed E-state index contributed by atoms with van der Waals surface area (Å²) < 4.78 is 0.541. The van der Waals surface area contributed by atoms with Gasteiger partial charge < -0.3 is 9.80 Å². The number of likely N-dealkylation sites (tertiary alicyclic amines) is 1. The standard InChI is InChI=1S/C14H19IN2O/c1-16-9-7-13(8-10-16)17(14(18)11-15)12-5-3-2-4-6-12/h2-6,13H,7-11H2,1H3. The van der Waals surface area contributed by atoms with Crippen LogP contribution in [0.2, 0.25) is 0 Å². The van der Waals surface area contributed by atoms with Crippen molar-refractivity contribution in [1.82, 2.24) is 4.90 Å². The molecule has 2 rings (SSSR count). The molecule has 0 radical (unpaired) electrons. The number of rotatable bonds is 3. The average Bonchev–Trinajstić information content (AvgIpc) is 2.42. The Kier molecular flexibility index (Phi) is 5.00. The van der Waals surface area contributed by atoms with Crippen LogP contribution in [0.5, 0.6) is 0 Å². The van der Waals surface area contributed by atoms with E-state index in [0.29, 0.717) is 10.5 Å². The molecule has 0 atom stereocenters. The summed E-state index contributed by atoms with van der Waals surface area (Å²) >= 11 is 2.15. The average molecular weight is 358 g/mol. The largest absolute Gasteiger partial charge is 0.309 e. The van der Waals surface area contributed by atoms with Gasteiger partial charge in [0, 0.05) is 11.7 Å². The fourth-order valence-electron chi connectivity index (χ4n) is 2.46. The molecule has 1 saturated heterocycles. The fourth-order valence-corrected chi connectivity index (χ4v) is 2.83. The number of nitrogens with zero attached hydrogens (tertiary/aromatic N) is 2. The van der Waals surface area contributed by atoms with Gasteiger partial charge in [0.25, 0.3) is 0 Å². The molecule has 0 bridgehead atoms. The minimum Gasteiger partial charge on any atom is -0.309 e. The zero-order valence-corrected chi connectivity index (χ0v) is 12.8. The van der Waals surface area contributed by atoms with Crippen molar-refractivity contribution < 1.29 is 4.79 Å². The van der Waals surface area contributed by atoms with Gasteiger partial charge in [-0.2, -0.15) is 0 Å². The summed E-state index contributed by atoms with van der Waals surface area (Å²) in [5.41, 5.74) is 1.04. The fraction of sp³-hybridized carbons (Fsp3) is 0.500. The first kappa shape index (κ1) is 13.8.